The van der Waals surface area contributed by atoms with Gasteiger partial charge < -0.3 is 4.74 Å². The maximum absolute atomic E-state index is 11.8. The van der Waals surface area contributed by atoms with Crippen LogP contribution in [0.3, 0.4) is 0 Å². The number of alkyl halides is 1. The van der Waals surface area contributed by atoms with Crippen LogP contribution in [0.4, 0.5) is 0 Å². The molecule has 0 unspecified atom stereocenters. The molecule has 3 nitrogen and oxygen atoms in total. The van der Waals surface area contributed by atoms with Gasteiger partial charge in [0.15, 0.2) is 0 Å². The summed E-state index contributed by atoms with van der Waals surface area (Å²) in [5.41, 5.74) is 2.46. The van der Waals surface area contributed by atoms with Gasteiger partial charge in [0.1, 0.15) is 0 Å². The molecule has 0 atom stereocenters. The minimum atomic E-state index is -0.316. The molecule has 0 heterocycles. The summed E-state index contributed by atoms with van der Waals surface area (Å²) in [4.78, 5) is 11.8. The third-order valence-electron chi connectivity index (χ3n) is 2.33. The maximum atomic E-state index is 11.8. The Morgan fingerprint density at radius 1 is 1.53 bits per heavy atom. The molecule has 0 bridgehead atoms. The van der Waals surface area contributed by atoms with E-state index in [1.807, 2.05) is 18.2 Å². The summed E-state index contributed by atoms with van der Waals surface area (Å²) in [6.07, 6.45) is 0.979. The quantitative estimate of drug-likeness (QED) is 0.619. The van der Waals surface area contributed by atoms with E-state index in [-0.39, 0.29) is 5.97 Å². The van der Waals surface area contributed by atoms with Gasteiger partial charge in [-0.05, 0) is 30.5 Å². The van der Waals surface area contributed by atoms with E-state index in [9.17, 15) is 4.79 Å². The van der Waals surface area contributed by atoms with Gasteiger partial charge in [0.2, 0.25) is 0 Å². The van der Waals surface area contributed by atoms with Crippen molar-refractivity contribution in [2.45, 2.75) is 25.1 Å². The molecule has 0 aliphatic carbocycles. The van der Waals surface area contributed by atoms with Crippen molar-refractivity contribution in [2.75, 3.05) is 6.61 Å². The van der Waals surface area contributed by atoms with Gasteiger partial charge in [-0.25, -0.2) is 4.79 Å². The average Bonchev–Trinajstić information content (AvgIpc) is 2.36. The highest BCUT2D eigenvalue weighted by molar-refractivity contribution is 9.08. The number of hydrogen-bond donors (Lipinski definition) is 0. The summed E-state index contributed by atoms with van der Waals surface area (Å²) in [6, 6.07) is 7.74. The van der Waals surface area contributed by atoms with Crippen LogP contribution in [0, 0.1) is 11.3 Å². The molecular formula is C13H14BrNO2. The fourth-order valence-corrected chi connectivity index (χ4v) is 1.86. The number of benzene rings is 1. The first kappa shape index (κ1) is 13.7. The second-order valence-corrected chi connectivity index (χ2v) is 4.06. The third kappa shape index (κ3) is 3.86. The average molecular weight is 296 g/mol. The molecule has 0 aromatic heterocycles. The number of halogens is 1. The lowest BCUT2D eigenvalue weighted by molar-refractivity contribution is 0.0525. The first-order valence-corrected chi connectivity index (χ1v) is 6.57. The molecule has 0 amide bonds. The molecule has 0 spiro atoms. The summed E-state index contributed by atoms with van der Waals surface area (Å²) in [6.45, 7) is 2.14. The van der Waals surface area contributed by atoms with Crippen LogP contribution in [0.5, 0.6) is 0 Å². The number of carbonyl (C=O) groups is 1. The second kappa shape index (κ2) is 7.08. The van der Waals surface area contributed by atoms with E-state index >= 15 is 0 Å². The summed E-state index contributed by atoms with van der Waals surface area (Å²) < 4.78 is 5.01. The van der Waals surface area contributed by atoms with Crippen molar-refractivity contribution >= 4 is 21.9 Å². The molecular weight excluding hydrogens is 282 g/mol. The zero-order chi connectivity index (χ0) is 12.7. The fourth-order valence-electron chi connectivity index (χ4n) is 1.51. The standard InChI is InChI=1S/C13H14BrNO2/c1-2-17-13(16)12-8-10(9-14)5-6-11(12)4-3-7-15/h5-6,8H,2-4,9H2,1H3. The third-order valence-corrected chi connectivity index (χ3v) is 2.98. The number of nitrogens with zero attached hydrogens (tertiary/aromatic N) is 1. The van der Waals surface area contributed by atoms with Crippen LogP contribution in [0.15, 0.2) is 18.2 Å². The zero-order valence-corrected chi connectivity index (χ0v) is 11.3. The molecule has 90 valence electrons. The van der Waals surface area contributed by atoms with Gasteiger partial charge in [0.25, 0.3) is 0 Å². The van der Waals surface area contributed by atoms with Crippen molar-refractivity contribution < 1.29 is 9.53 Å². The predicted molar refractivity (Wildman–Crippen MR) is 69.0 cm³/mol. The smallest absolute Gasteiger partial charge is 0.338 e. The summed E-state index contributed by atoms with van der Waals surface area (Å²) in [5, 5.41) is 9.28. The SMILES string of the molecule is CCOC(=O)c1cc(CBr)ccc1CCC#N. The first-order chi connectivity index (χ1) is 8.22. The monoisotopic (exact) mass is 295 g/mol. The highest BCUT2D eigenvalue weighted by atomic mass is 79.9. The number of ether oxygens (including phenoxy) is 1. The van der Waals surface area contributed by atoms with Crippen molar-refractivity contribution in [3.63, 3.8) is 0 Å². The Morgan fingerprint density at radius 2 is 2.29 bits per heavy atom. The highest BCUT2D eigenvalue weighted by Crippen LogP contribution is 2.17. The van der Waals surface area contributed by atoms with Crippen LogP contribution in [0.2, 0.25) is 0 Å². The number of rotatable bonds is 5. The number of aryl methyl sites for hydroxylation is 1. The molecule has 1 rings (SSSR count). The van der Waals surface area contributed by atoms with Crippen LogP contribution in [0.1, 0.15) is 34.8 Å². The molecule has 4 heteroatoms. The fraction of sp³-hybridized carbons (Fsp3) is 0.385. The normalized spacial score (nSPS) is 9.71. The number of nitriles is 1. The number of carbonyl (C=O) groups excluding carboxylic acids is 1. The van der Waals surface area contributed by atoms with E-state index in [2.05, 4.69) is 22.0 Å². The van der Waals surface area contributed by atoms with Crippen LogP contribution < -0.4 is 0 Å². The van der Waals surface area contributed by atoms with E-state index in [1.54, 1.807) is 6.92 Å². The molecule has 0 saturated heterocycles. The van der Waals surface area contributed by atoms with Crippen molar-refractivity contribution in [2.24, 2.45) is 0 Å². The molecule has 0 saturated carbocycles. The number of hydrogen-bond acceptors (Lipinski definition) is 3. The largest absolute Gasteiger partial charge is 0.462 e. The van der Waals surface area contributed by atoms with E-state index in [0.717, 1.165) is 11.1 Å². The Morgan fingerprint density at radius 3 is 2.88 bits per heavy atom. The van der Waals surface area contributed by atoms with Crippen molar-refractivity contribution in [3.8, 4) is 6.07 Å². The molecule has 0 N–H and O–H groups in total. The Balaban J connectivity index is 3.03. The molecule has 1 aromatic rings. The van der Waals surface area contributed by atoms with Gasteiger partial charge in [0.05, 0.1) is 18.2 Å². The predicted octanol–water partition coefficient (Wildman–Crippen LogP) is 3.21. The van der Waals surface area contributed by atoms with Crippen LogP contribution in [0.25, 0.3) is 0 Å². The van der Waals surface area contributed by atoms with Gasteiger partial charge in [-0.3, -0.25) is 0 Å². The summed E-state index contributed by atoms with van der Waals surface area (Å²) in [7, 11) is 0. The van der Waals surface area contributed by atoms with Crippen molar-refractivity contribution in [1.82, 2.24) is 0 Å². The van der Waals surface area contributed by atoms with Crippen LogP contribution in [-0.4, -0.2) is 12.6 Å². The van der Waals surface area contributed by atoms with Gasteiger partial charge in [-0.15, -0.1) is 0 Å². The van der Waals surface area contributed by atoms with Crippen molar-refractivity contribution in [1.29, 1.82) is 5.26 Å². The lowest BCUT2D eigenvalue weighted by atomic mass is 10.0. The molecule has 0 fully saturated rings. The minimum Gasteiger partial charge on any atom is -0.462 e. The lowest BCUT2D eigenvalue weighted by Crippen LogP contribution is -2.08. The Hall–Kier alpha value is -1.34. The van der Waals surface area contributed by atoms with Gasteiger partial charge in [-0.2, -0.15) is 5.26 Å². The van der Waals surface area contributed by atoms with E-state index in [0.29, 0.717) is 30.3 Å². The van der Waals surface area contributed by atoms with Gasteiger partial charge >= 0.3 is 5.97 Å². The molecule has 17 heavy (non-hydrogen) atoms. The topological polar surface area (TPSA) is 50.1 Å². The second-order valence-electron chi connectivity index (χ2n) is 3.50. The molecule has 0 aliphatic heterocycles. The zero-order valence-electron chi connectivity index (χ0n) is 9.70. The van der Waals surface area contributed by atoms with Crippen LogP contribution >= 0.6 is 15.9 Å². The van der Waals surface area contributed by atoms with E-state index in [4.69, 9.17) is 10.00 Å². The molecule has 0 aliphatic rings. The van der Waals surface area contributed by atoms with Gasteiger partial charge in [0, 0.05) is 11.8 Å². The van der Waals surface area contributed by atoms with E-state index in [1.165, 1.54) is 0 Å². The maximum Gasteiger partial charge on any atom is 0.338 e. The summed E-state index contributed by atoms with van der Waals surface area (Å²) >= 11 is 3.35. The molecule has 1 aromatic carbocycles. The van der Waals surface area contributed by atoms with Gasteiger partial charge in [-0.1, -0.05) is 28.1 Å². The minimum absolute atomic E-state index is 0.316. The highest BCUT2D eigenvalue weighted by Gasteiger charge is 2.12. The van der Waals surface area contributed by atoms with Crippen molar-refractivity contribution in [3.05, 3.63) is 34.9 Å². The summed E-state index contributed by atoms with van der Waals surface area (Å²) in [5.74, 6) is -0.316. The Bertz CT molecular complexity index is 438. The van der Waals surface area contributed by atoms with Crippen LogP contribution in [-0.2, 0) is 16.5 Å². The lowest BCUT2D eigenvalue weighted by Gasteiger charge is -2.09. The molecule has 0 radical (unpaired) electrons. The van der Waals surface area contributed by atoms with E-state index < -0.39 is 0 Å². The Kier molecular flexibility index (Phi) is 5.71. The Labute approximate surface area is 110 Å². The first-order valence-electron chi connectivity index (χ1n) is 5.44. The number of esters is 1.